The largest absolute Gasteiger partial charge is 0.355 e. The van der Waals surface area contributed by atoms with Crippen LogP contribution in [-0.2, 0) is 4.79 Å². The standard InChI is InChI=1S/C17H22F2N2O/c1-11-3-2-7-21(11)8-6-20-17(22)15-10-13(15)14-9-12(18)4-5-16(14)19/h4-5,9,11,13,15H,2-3,6-8,10H2,1H3,(H,20,22)/t11-,13-,15-/m1/s1. The van der Waals surface area contributed by atoms with E-state index in [4.69, 9.17) is 0 Å². The molecule has 1 saturated carbocycles. The van der Waals surface area contributed by atoms with Gasteiger partial charge in [0.25, 0.3) is 0 Å². The van der Waals surface area contributed by atoms with Gasteiger partial charge in [-0.25, -0.2) is 8.78 Å². The van der Waals surface area contributed by atoms with Gasteiger partial charge < -0.3 is 5.32 Å². The summed E-state index contributed by atoms with van der Waals surface area (Å²) in [5.74, 6) is -1.31. The van der Waals surface area contributed by atoms with Crippen LogP contribution >= 0.6 is 0 Å². The summed E-state index contributed by atoms with van der Waals surface area (Å²) in [6.45, 7) is 4.78. The van der Waals surface area contributed by atoms with Gasteiger partial charge in [0, 0.05) is 25.0 Å². The number of carbonyl (C=O) groups excluding carboxylic acids is 1. The summed E-state index contributed by atoms with van der Waals surface area (Å²) >= 11 is 0. The predicted octanol–water partition coefficient (Wildman–Crippen LogP) is 2.67. The number of halogens is 2. The van der Waals surface area contributed by atoms with Crippen molar-refractivity contribution in [2.75, 3.05) is 19.6 Å². The number of nitrogens with zero attached hydrogens (tertiary/aromatic N) is 1. The van der Waals surface area contributed by atoms with Crippen molar-refractivity contribution in [3.8, 4) is 0 Å². The Morgan fingerprint density at radius 2 is 2.23 bits per heavy atom. The number of hydrogen-bond donors (Lipinski definition) is 1. The fourth-order valence-electron chi connectivity index (χ4n) is 3.41. The first-order chi connectivity index (χ1) is 10.6. The lowest BCUT2D eigenvalue weighted by Gasteiger charge is -2.20. The van der Waals surface area contributed by atoms with Gasteiger partial charge in [0.05, 0.1) is 0 Å². The molecule has 3 atom stereocenters. The summed E-state index contributed by atoms with van der Waals surface area (Å²) in [5, 5.41) is 2.93. The third-order valence-corrected chi connectivity index (χ3v) is 4.87. The van der Waals surface area contributed by atoms with E-state index in [0.717, 1.165) is 25.2 Å². The molecular formula is C17H22F2N2O. The van der Waals surface area contributed by atoms with Crippen LogP contribution in [0, 0.1) is 17.6 Å². The van der Waals surface area contributed by atoms with Crippen LogP contribution in [0.25, 0.3) is 0 Å². The maximum atomic E-state index is 13.7. The van der Waals surface area contributed by atoms with Crippen LogP contribution in [0.15, 0.2) is 18.2 Å². The van der Waals surface area contributed by atoms with Crippen molar-refractivity contribution in [3.05, 3.63) is 35.4 Å². The topological polar surface area (TPSA) is 32.3 Å². The van der Waals surface area contributed by atoms with E-state index in [1.165, 1.54) is 18.9 Å². The number of rotatable bonds is 5. The van der Waals surface area contributed by atoms with E-state index < -0.39 is 11.6 Å². The van der Waals surface area contributed by atoms with Crippen LogP contribution in [0.4, 0.5) is 8.78 Å². The molecule has 1 saturated heterocycles. The highest BCUT2D eigenvalue weighted by Crippen LogP contribution is 2.48. The van der Waals surface area contributed by atoms with Crippen molar-refractivity contribution in [1.82, 2.24) is 10.2 Å². The third kappa shape index (κ3) is 3.29. The van der Waals surface area contributed by atoms with E-state index in [9.17, 15) is 13.6 Å². The molecule has 0 radical (unpaired) electrons. The molecule has 3 nitrogen and oxygen atoms in total. The Morgan fingerprint density at radius 3 is 2.95 bits per heavy atom. The Bertz CT molecular complexity index is 564. The lowest BCUT2D eigenvalue weighted by molar-refractivity contribution is -0.122. The third-order valence-electron chi connectivity index (χ3n) is 4.87. The summed E-state index contributed by atoms with van der Waals surface area (Å²) in [7, 11) is 0. The van der Waals surface area contributed by atoms with Gasteiger partial charge >= 0.3 is 0 Å². The van der Waals surface area contributed by atoms with E-state index in [1.54, 1.807) is 0 Å². The molecule has 120 valence electrons. The number of hydrogen-bond acceptors (Lipinski definition) is 2. The first kappa shape index (κ1) is 15.4. The molecule has 3 rings (SSSR count). The normalized spacial score (nSPS) is 27.9. The van der Waals surface area contributed by atoms with Crippen molar-refractivity contribution in [2.45, 2.75) is 38.1 Å². The van der Waals surface area contributed by atoms with E-state index in [2.05, 4.69) is 17.1 Å². The average molecular weight is 308 g/mol. The van der Waals surface area contributed by atoms with Crippen LogP contribution in [0.1, 0.15) is 37.7 Å². The molecule has 0 aromatic heterocycles. The van der Waals surface area contributed by atoms with Crippen molar-refractivity contribution < 1.29 is 13.6 Å². The molecule has 1 aliphatic heterocycles. The summed E-state index contributed by atoms with van der Waals surface area (Å²) in [6, 6.07) is 4.03. The van der Waals surface area contributed by atoms with Gasteiger partial charge in [-0.2, -0.15) is 0 Å². The van der Waals surface area contributed by atoms with Crippen molar-refractivity contribution in [3.63, 3.8) is 0 Å². The summed E-state index contributed by atoms with van der Waals surface area (Å²) in [5.41, 5.74) is 0.327. The monoisotopic (exact) mass is 308 g/mol. The van der Waals surface area contributed by atoms with Crippen molar-refractivity contribution in [1.29, 1.82) is 0 Å². The van der Waals surface area contributed by atoms with E-state index in [-0.39, 0.29) is 17.7 Å². The van der Waals surface area contributed by atoms with Crippen LogP contribution in [0.5, 0.6) is 0 Å². The minimum Gasteiger partial charge on any atom is -0.355 e. The Kier molecular flexibility index (Phi) is 4.43. The molecule has 1 N–H and O–H groups in total. The smallest absolute Gasteiger partial charge is 0.223 e. The van der Waals surface area contributed by atoms with Crippen LogP contribution in [-0.4, -0.2) is 36.5 Å². The maximum Gasteiger partial charge on any atom is 0.223 e. The zero-order valence-electron chi connectivity index (χ0n) is 12.8. The predicted molar refractivity (Wildman–Crippen MR) is 80.5 cm³/mol. The average Bonchev–Trinajstić information content (AvgIpc) is 3.19. The molecule has 1 aliphatic carbocycles. The zero-order chi connectivity index (χ0) is 15.7. The lowest BCUT2D eigenvalue weighted by atomic mass is 10.1. The van der Waals surface area contributed by atoms with E-state index in [1.807, 2.05) is 0 Å². The summed E-state index contributed by atoms with van der Waals surface area (Å²) < 4.78 is 26.9. The fourth-order valence-corrected chi connectivity index (χ4v) is 3.41. The fraction of sp³-hybridized carbons (Fsp3) is 0.588. The molecule has 1 aromatic carbocycles. The molecule has 2 fully saturated rings. The summed E-state index contributed by atoms with van der Waals surface area (Å²) in [4.78, 5) is 14.5. The van der Waals surface area contributed by atoms with Crippen LogP contribution in [0.2, 0.25) is 0 Å². The van der Waals surface area contributed by atoms with Gasteiger partial charge in [0.1, 0.15) is 11.6 Å². The second-order valence-electron chi connectivity index (χ2n) is 6.43. The van der Waals surface area contributed by atoms with Gasteiger partial charge in [-0.05, 0) is 62.4 Å². The molecule has 1 amide bonds. The molecule has 0 bridgehead atoms. The van der Waals surface area contributed by atoms with E-state index >= 15 is 0 Å². The van der Waals surface area contributed by atoms with Gasteiger partial charge in [0.2, 0.25) is 5.91 Å². The SMILES string of the molecule is C[C@@H]1CCCN1CCNC(=O)[C@@H]1C[C@@H]1c1cc(F)ccc1F. The van der Waals surface area contributed by atoms with Gasteiger partial charge in [-0.3, -0.25) is 9.69 Å². The van der Waals surface area contributed by atoms with Crippen molar-refractivity contribution >= 4 is 5.91 Å². The Morgan fingerprint density at radius 1 is 1.41 bits per heavy atom. The van der Waals surface area contributed by atoms with E-state index in [0.29, 0.717) is 24.6 Å². The minimum absolute atomic E-state index is 0.0412. The van der Waals surface area contributed by atoms with Crippen LogP contribution in [0.3, 0.4) is 0 Å². The number of likely N-dealkylation sites (tertiary alicyclic amines) is 1. The first-order valence-electron chi connectivity index (χ1n) is 8.03. The molecule has 22 heavy (non-hydrogen) atoms. The Labute approximate surface area is 129 Å². The Balaban J connectivity index is 1.47. The summed E-state index contributed by atoms with van der Waals surface area (Å²) in [6.07, 6.45) is 3.04. The maximum absolute atomic E-state index is 13.7. The molecule has 2 aliphatic rings. The highest BCUT2D eigenvalue weighted by atomic mass is 19.1. The quantitative estimate of drug-likeness (QED) is 0.907. The van der Waals surface area contributed by atoms with Gasteiger partial charge in [-0.15, -0.1) is 0 Å². The minimum atomic E-state index is -0.453. The molecule has 1 aromatic rings. The molecular weight excluding hydrogens is 286 g/mol. The number of nitrogens with one attached hydrogen (secondary N) is 1. The number of benzene rings is 1. The number of carbonyl (C=O) groups is 1. The highest BCUT2D eigenvalue weighted by Gasteiger charge is 2.45. The molecule has 5 heteroatoms. The molecule has 1 heterocycles. The lowest BCUT2D eigenvalue weighted by Crippen LogP contribution is -2.37. The second-order valence-corrected chi connectivity index (χ2v) is 6.43. The Hall–Kier alpha value is -1.49. The van der Waals surface area contributed by atoms with Gasteiger partial charge in [-0.1, -0.05) is 0 Å². The van der Waals surface area contributed by atoms with Crippen LogP contribution < -0.4 is 5.32 Å². The highest BCUT2D eigenvalue weighted by molar-refractivity contribution is 5.82. The second kappa shape index (κ2) is 6.32. The molecule has 0 unspecified atom stereocenters. The van der Waals surface area contributed by atoms with Gasteiger partial charge in [0.15, 0.2) is 0 Å². The van der Waals surface area contributed by atoms with Crippen molar-refractivity contribution in [2.24, 2.45) is 5.92 Å². The first-order valence-corrected chi connectivity index (χ1v) is 8.03. The zero-order valence-corrected chi connectivity index (χ0v) is 12.8. The molecule has 0 spiro atoms. The number of amides is 1.